The van der Waals surface area contributed by atoms with E-state index in [-0.39, 0.29) is 36.0 Å². The number of ketones is 1. The molecule has 0 saturated carbocycles. The van der Waals surface area contributed by atoms with E-state index in [1.165, 1.54) is 4.90 Å². The molecule has 0 aliphatic carbocycles. The SMILES string of the molecule is CCOc1ccc(/C(O)=C2\C(=O)C(=O)N(CCOC(C)C)C2c2cccc(Oc3ccccc3)c2)cc1C(C)(C)C. The Morgan fingerprint density at radius 1 is 0.951 bits per heavy atom. The number of hydrogen-bond acceptors (Lipinski definition) is 6. The fourth-order valence-corrected chi connectivity index (χ4v) is 4.92. The Morgan fingerprint density at radius 3 is 2.32 bits per heavy atom. The quantitative estimate of drug-likeness (QED) is 0.164. The van der Waals surface area contributed by atoms with Gasteiger partial charge in [-0.2, -0.15) is 0 Å². The molecule has 1 atom stereocenters. The van der Waals surface area contributed by atoms with Crippen molar-refractivity contribution >= 4 is 17.4 Å². The number of likely N-dealkylation sites (tertiary alicyclic amines) is 1. The zero-order chi connectivity index (χ0) is 29.7. The third kappa shape index (κ3) is 6.80. The summed E-state index contributed by atoms with van der Waals surface area (Å²) in [6.45, 7) is 12.8. The second-order valence-corrected chi connectivity index (χ2v) is 11.3. The molecule has 7 heteroatoms. The van der Waals surface area contributed by atoms with Crippen LogP contribution in [0.15, 0.2) is 78.4 Å². The number of hydrogen-bond donors (Lipinski definition) is 1. The first-order chi connectivity index (χ1) is 19.5. The number of rotatable bonds is 10. The summed E-state index contributed by atoms with van der Waals surface area (Å²) in [5.74, 6) is 0.272. The lowest BCUT2D eigenvalue weighted by atomic mass is 9.84. The summed E-state index contributed by atoms with van der Waals surface area (Å²) in [5, 5.41) is 11.7. The third-order valence-electron chi connectivity index (χ3n) is 6.84. The number of aliphatic hydroxyl groups is 1. The van der Waals surface area contributed by atoms with Crippen LogP contribution >= 0.6 is 0 Å². The molecule has 0 spiro atoms. The van der Waals surface area contributed by atoms with Crippen LogP contribution in [-0.4, -0.2) is 47.6 Å². The Balaban J connectivity index is 1.83. The number of ether oxygens (including phenoxy) is 3. The van der Waals surface area contributed by atoms with E-state index >= 15 is 0 Å². The summed E-state index contributed by atoms with van der Waals surface area (Å²) in [6, 6.07) is 21.1. The highest BCUT2D eigenvalue weighted by molar-refractivity contribution is 6.46. The van der Waals surface area contributed by atoms with Crippen molar-refractivity contribution < 1.29 is 28.9 Å². The molecular weight excluding hydrogens is 518 g/mol. The first-order valence-corrected chi connectivity index (χ1v) is 14.0. The van der Waals surface area contributed by atoms with Crippen LogP contribution in [0.3, 0.4) is 0 Å². The van der Waals surface area contributed by atoms with E-state index in [1.54, 1.807) is 18.2 Å². The van der Waals surface area contributed by atoms with Crippen LogP contribution in [0.1, 0.15) is 64.3 Å². The van der Waals surface area contributed by atoms with Crippen LogP contribution < -0.4 is 9.47 Å². The zero-order valence-electron chi connectivity index (χ0n) is 24.6. The van der Waals surface area contributed by atoms with Crippen LogP contribution in [0, 0.1) is 0 Å². The standard InChI is InChI=1S/C34H39NO6/c1-7-39-28-17-16-24(21-27(28)34(4,5)6)31(36)29-30(35(33(38)32(29)37)18-19-40-22(2)3)23-12-11-15-26(20-23)41-25-13-9-8-10-14-25/h8-17,20-22,30,36H,7,18-19H2,1-6H3/b31-29+. The molecule has 1 N–H and O–H groups in total. The monoisotopic (exact) mass is 557 g/mol. The fraction of sp³-hybridized carbons (Fsp3) is 0.353. The predicted octanol–water partition coefficient (Wildman–Crippen LogP) is 7.02. The van der Waals surface area contributed by atoms with Gasteiger partial charge in [-0.1, -0.05) is 51.1 Å². The van der Waals surface area contributed by atoms with E-state index in [0.717, 1.165) is 5.56 Å². The molecule has 3 aromatic carbocycles. The van der Waals surface area contributed by atoms with Crippen molar-refractivity contribution in [2.45, 2.75) is 59.1 Å². The van der Waals surface area contributed by atoms with Crippen molar-refractivity contribution in [3.05, 3.63) is 95.1 Å². The molecule has 1 amide bonds. The number of amides is 1. The van der Waals surface area contributed by atoms with Crippen molar-refractivity contribution in [1.82, 2.24) is 4.90 Å². The number of para-hydroxylation sites is 1. The Kier molecular flexibility index (Phi) is 9.18. The Hall–Kier alpha value is -4.10. The number of nitrogens with zero attached hydrogens (tertiary/aromatic N) is 1. The lowest BCUT2D eigenvalue weighted by Crippen LogP contribution is -2.33. The van der Waals surface area contributed by atoms with Gasteiger partial charge in [-0.05, 0) is 74.2 Å². The second kappa shape index (κ2) is 12.6. The van der Waals surface area contributed by atoms with Crippen LogP contribution in [0.5, 0.6) is 17.2 Å². The molecule has 41 heavy (non-hydrogen) atoms. The van der Waals surface area contributed by atoms with Crippen LogP contribution in [0.4, 0.5) is 0 Å². The molecule has 0 radical (unpaired) electrons. The summed E-state index contributed by atoms with van der Waals surface area (Å²) in [5.41, 5.74) is 1.71. The number of carbonyl (C=O) groups excluding carboxylic acids is 2. The summed E-state index contributed by atoms with van der Waals surface area (Å²) >= 11 is 0. The van der Waals surface area contributed by atoms with Gasteiger partial charge in [0.1, 0.15) is 23.0 Å². The number of aliphatic hydroxyl groups excluding tert-OH is 1. The van der Waals surface area contributed by atoms with E-state index in [0.29, 0.717) is 35.0 Å². The minimum atomic E-state index is -0.824. The van der Waals surface area contributed by atoms with Crippen LogP contribution in [0.2, 0.25) is 0 Å². The van der Waals surface area contributed by atoms with Crippen LogP contribution in [-0.2, 0) is 19.7 Å². The van der Waals surface area contributed by atoms with Gasteiger partial charge >= 0.3 is 0 Å². The molecule has 1 fully saturated rings. The average Bonchev–Trinajstić information content (AvgIpc) is 3.18. The van der Waals surface area contributed by atoms with Gasteiger partial charge < -0.3 is 24.2 Å². The molecule has 0 aromatic heterocycles. The highest BCUT2D eigenvalue weighted by Crippen LogP contribution is 2.42. The molecule has 1 aliphatic heterocycles. The molecule has 1 aliphatic rings. The van der Waals surface area contributed by atoms with Crippen molar-refractivity contribution in [1.29, 1.82) is 0 Å². The Bertz CT molecular complexity index is 1420. The average molecular weight is 558 g/mol. The topological polar surface area (TPSA) is 85.3 Å². The van der Waals surface area contributed by atoms with Crippen molar-refractivity contribution in [2.75, 3.05) is 19.8 Å². The van der Waals surface area contributed by atoms with Crippen molar-refractivity contribution in [2.24, 2.45) is 0 Å². The minimum Gasteiger partial charge on any atom is -0.507 e. The maximum atomic E-state index is 13.5. The minimum absolute atomic E-state index is 0.0282. The van der Waals surface area contributed by atoms with E-state index in [4.69, 9.17) is 14.2 Å². The molecule has 4 rings (SSSR count). The third-order valence-corrected chi connectivity index (χ3v) is 6.84. The van der Waals surface area contributed by atoms with Crippen LogP contribution in [0.25, 0.3) is 5.76 Å². The summed E-state index contributed by atoms with van der Waals surface area (Å²) < 4.78 is 17.6. The number of Topliss-reactive ketones (excluding diaryl/α,β-unsaturated/α-hetero) is 1. The van der Waals surface area contributed by atoms with Gasteiger partial charge in [0.05, 0.1) is 30.9 Å². The second-order valence-electron chi connectivity index (χ2n) is 11.3. The summed E-state index contributed by atoms with van der Waals surface area (Å²) in [4.78, 5) is 28.4. The highest BCUT2D eigenvalue weighted by Gasteiger charge is 2.46. The van der Waals surface area contributed by atoms with E-state index in [2.05, 4.69) is 20.8 Å². The molecule has 1 heterocycles. The first kappa shape index (κ1) is 29.9. The van der Waals surface area contributed by atoms with E-state index in [1.807, 2.05) is 75.4 Å². The van der Waals surface area contributed by atoms with E-state index in [9.17, 15) is 14.7 Å². The van der Waals surface area contributed by atoms with Gasteiger partial charge in [-0.25, -0.2) is 0 Å². The molecule has 7 nitrogen and oxygen atoms in total. The maximum absolute atomic E-state index is 13.5. The zero-order valence-corrected chi connectivity index (χ0v) is 24.6. The van der Waals surface area contributed by atoms with Gasteiger partial charge in [0.2, 0.25) is 0 Å². The smallest absolute Gasteiger partial charge is 0.295 e. The molecular formula is C34H39NO6. The lowest BCUT2D eigenvalue weighted by molar-refractivity contribution is -0.140. The Labute approximate surface area is 242 Å². The maximum Gasteiger partial charge on any atom is 0.295 e. The van der Waals surface area contributed by atoms with E-state index < -0.39 is 17.7 Å². The van der Waals surface area contributed by atoms with Gasteiger partial charge in [0, 0.05) is 17.7 Å². The molecule has 3 aromatic rings. The van der Waals surface area contributed by atoms with Crippen molar-refractivity contribution in [3.63, 3.8) is 0 Å². The highest BCUT2D eigenvalue weighted by atomic mass is 16.5. The fourth-order valence-electron chi connectivity index (χ4n) is 4.92. The van der Waals surface area contributed by atoms with Gasteiger partial charge in [-0.3, -0.25) is 9.59 Å². The normalized spacial score (nSPS) is 16.9. The number of carbonyl (C=O) groups is 2. The molecule has 1 unspecified atom stereocenters. The predicted molar refractivity (Wildman–Crippen MR) is 159 cm³/mol. The Morgan fingerprint density at radius 2 is 1.66 bits per heavy atom. The lowest BCUT2D eigenvalue weighted by Gasteiger charge is -2.26. The van der Waals surface area contributed by atoms with Gasteiger partial charge in [0.15, 0.2) is 0 Å². The molecule has 0 bridgehead atoms. The molecule has 1 saturated heterocycles. The first-order valence-electron chi connectivity index (χ1n) is 14.0. The summed E-state index contributed by atoms with van der Waals surface area (Å²) in [7, 11) is 0. The largest absolute Gasteiger partial charge is 0.507 e. The number of benzene rings is 3. The van der Waals surface area contributed by atoms with Gasteiger partial charge in [0.25, 0.3) is 11.7 Å². The van der Waals surface area contributed by atoms with Gasteiger partial charge in [-0.15, -0.1) is 0 Å². The summed E-state index contributed by atoms with van der Waals surface area (Å²) in [6.07, 6.45) is -0.0347. The van der Waals surface area contributed by atoms with Crippen molar-refractivity contribution in [3.8, 4) is 17.2 Å². The molecule has 216 valence electrons.